The number of aromatic hydroxyl groups is 2. The lowest BCUT2D eigenvalue weighted by Crippen LogP contribution is -2.29. The van der Waals surface area contributed by atoms with E-state index in [0.717, 1.165) is 36.3 Å². The van der Waals surface area contributed by atoms with Gasteiger partial charge in [-0.05, 0) is 23.1 Å². The van der Waals surface area contributed by atoms with Gasteiger partial charge in [-0.2, -0.15) is 0 Å². The second-order valence-corrected chi connectivity index (χ2v) is 6.73. The van der Waals surface area contributed by atoms with E-state index < -0.39 is 0 Å². The molecule has 3 rings (SSSR count). The summed E-state index contributed by atoms with van der Waals surface area (Å²) in [5, 5.41) is 20.6. The topological polar surface area (TPSA) is 43.7 Å². The van der Waals surface area contributed by atoms with Crippen LogP contribution >= 0.6 is 23.2 Å². The predicted molar refractivity (Wildman–Crippen MR) is 98.4 cm³/mol. The van der Waals surface area contributed by atoms with E-state index in [0.29, 0.717) is 6.42 Å². The SMILES string of the molecule is C=CCN1CCc2c(Cl)c(O)c(O)c(Cl)c2C(c2ccccc2)C1. The minimum atomic E-state index is -0.349. The van der Waals surface area contributed by atoms with E-state index in [1.807, 2.05) is 36.4 Å². The monoisotopic (exact) mass is 363 g/mol. The van der Waals surface area contributed by atoms with E-state index in [1.54, 1.807) is 0 Å². The summed E-state index contributed by atoms with van der Waals surface area (Å²) in [6.45, 7) is 6.10. The third kappa shape index (κ3) is 3.00. The van der Waals surface area contributed by atoms with Gasteiger partial charge in [0.25, 0.3) is 0 Å². The molecule has 5 heteroatoms. The number of fused-ring (bicyclic) bond motifs is 1. The number of halogens is 2. The van der Waals surface area contributed by atoms with Crippen molar-refractivity contribution in [3.05, 3.63) is 69.7 Å². The third-order valence-corrected chi connectivity index (χ3v) is 5.31. The molecule has 0 fully saturated rings. The first kappa shape index (κ1) is 17.2. The summed E-state index contributed by atoms with van der Waals surface area (Å²) in [6.07, 6.45) is 2.52. The van der Waals surface area contributed by atoms with Gasteiger partial charge in [-0.25, -0.2) is 0 Å². The lowest BCUT2D eigenvalue weighted by Gasteiger charge is -2.25. The summed E-state index contributed by atoms with van der Waals surface area (Å²) in [5.74, 6) is -0.733. The summed E-state index contributed by atoms with van der Waals surface area (Å²) in [6, 6.07) is 10.0. The minimum absolute atomic E-state index is 0.0415. The van der Waals surface area contributed by atoms with Crippen molar-refractivity contribution in [2.75, 3.05) is 19.6 Å². The minimum Gasteiger partial charge on any atom is -0.503 e. The van der Waals surface area contributed by atoms with Crippen molar-refractivity contribution >= 4 is 23.2 Å². The van der Waals surface area contributed by atoms with Crippen molar-refractivity contribution in [3.8, 4) is 11.5 Å². The van der Waals surface area contributed by atoms with Crippen LogP contribution in [0.2, 0.25) is 10.0 Å². The van der Waals surface area contributed by atoms with Crippen LogP contribution in [0.15, 0.2) is 43.0 Å². The van der Waals surface area contributed by atoms with Gasteiger partial charge in [0, 0.05) is 25.6 Å². The largest absolute Gasteiger partial charge is 0.503 e. The Bertz CT molecular complexity index is 762. The fourth-order valence-electron chi connectivity index (χ4n) is 3.35. The zero-order valence-corrected chi connectivity index (χ0v) is 14.7. The highest BCUT2D eigenvalue weighted by atomic mass is 35.5. The van der Waals surface area contributed by atoms with Crippen molar-refractivity contribution in [1.29, 1.82) is 0 Å². The molecule has 2 aromatic carbocycles. The van der Waals surface area contributed by atoms with Crippen LogP contribution < -0.4 is 0 Å². The zero-order valence-electron chi connectivity index (χ0n) is 13.2. The molecule has 0 saturated carbocycles. The molecule has 1 heterocycles. The van der Waals surface area contributed by atoms with Crippen molar-refractivity contribution in [2.24, 2.45) is 0 Å². The van der Waals surface area contributed by atoms with E-state index in [1.165, 1.54) is 0 Å². The van der Waals surface area contributed by atoms with Crippen molar-refractivity contribution < 1.29 is 10.2 Å². The van der Waals surface area contributed by atoms with Crippen LogP contribution in [0.25, 0.3) is 0 Å². The Morgan fingerprint density at radius 1 is 1.12 bits per heavy atom. The predicted octanol–water partition coefficient (Wildman–Crippen LogP) is 4.58. The number of rotatable bonds is 3. The van der Waals surface area contributed by atoms with Gasteiger partial charge in [0.2, 0.25) is 0 Å². The first-order valence-electron chi connectivity index (χ1n) is 7.84. The second kappa shape index (κ2) is 7.06. The molecule has 1 atom stereocenters. The Kier molecular flexibility index (Phi) is 5.04. The number of phenols is 2. The van der Waals surface area contributed by atoms with E-state index >= 15 is 0 Å². The van der Waals surface area contributed by atoms with Crippen LogP contribution in [0.5, 0.6) is 11.5 Å². The molecule has 1 aliphatic rings. The average Bonchev–Trinajstić information content (AvgIpc) is 2.79. The van der Waals surface area contributed by atoms with Gasteiger partial charge in [0.05, 0.1) is 10.0 Å². The maximum absolute atomic E-state index is 10.2. The lowest BCUT2D eigenvalue weighted by atomic mass is 9.87. The molecule has 24 heavy (non-hydrogen) atoms. The molecule has 0 bridgehead atoms. The number of hydrogen-bond acceptors (Lipinski definition) is 3. The number of nitrogens with zero attached hydrogens (tertiary/aromatic N) is 1. The van der Waals surface area contributed by atoms with Crippen molar-refractivity contribution in [2.45, 2.75) is 12.3 Å². The van der Waals surface area contributed by atoms with Gasteiger partial charge in [0.1, 0.15) is 0 Å². The number of hydrogen-bond donors (Lipinski definition) is 2. The van der Waals surface area contributed by atoms with E-state index in [-0.39, 0.29) is 27.5 Å². The van der Waals surface area contributed by atoms with Crippen molar-refractivity contribution in [1.82, 2.24) is 4.90 Å². The standard InChI is InChI=1S/C19H19Cl2NO2/c1-2-9-22-10-8-13-15(17(21)19(24)18(23)16(13)20)14(11-22)12-6-4-3-5-7-12/h2-7,14,23-24H,1,8-11H2. The van der Waals surface area contributed by atoms with Gasteiger partial charge < -0.3 is 10.2 Å². The maximum Gasteiger partial charge on any atom is 0.178 e. The molecule has 0 spiro atoms. The highest BCUT2D eigenvalue weighted by molar-refractivity contribution is 6.37. The molecule has 3 nitrogen and oxygen atoms in total. The molecule has 2 N–H and O–H groups in total. The van der Waals surface area contributed by atoms with Gasteiger partial charge in [-0.1, -0.05) is 59.6 Å². The molecule has 0 saturated heterocycles. The highest BCUT2D eigenvalue weighted by Gasteiger charge is 2.31. The van der Waals surface area contributed by atoms with Crippen LogP contribution in [0.4, 0.5) is 0 Å². The summed E-state index contributed by atoms with van der Waals surface area (Å²) in [4.78, 5) is 2.27. The summed E-state index contributed by atoms with van der Waals surface area (Å²) < 4.78 is 0. The molecule has 2 aromatic rings. The van der Waals surface area contributed by atoms with Gasteiger partial charge in [-0.3, -0.25) is 4.90 Å². The Labute approximate surface area is 151 Å². The first-order valence-corrected chi connectivity index (χ1v) is 8.60. The quantitative estimate of drug-likeness (QED) is 0.619. The number of phenolic OH excluding ortho intramolecular Hbond substituents is 2. The van der Waals surface area contributed by atoms with Crippen LogP contribution in [-0.2, 0) is 6.42 Å². The van der Waals surface area contributed by atoms with Gasteiger partial charge in [-0.15, -0.1) is 6.58 Å². The van der Waals surface area contributed by atoms with Gasteiger partial charge >= 0.3 is 0 Å². The van der Waals surface area contributed by atoms with E-state index in [4.69, 9.17) is 23.2 Å². The van der Waals surface area contributed by atoms with Gasteiger partial charge in [0.15, 0.2) is 11.5 Å². The molecule has 1 unspecified atom stereocenters. The van der Waals surface area contributed by atoms with Crippen LogP contribution in [-0.4, -0.2) is 34.7 Å². The van der Waals surface area contributed by atoms with E-state index in [2.05, 4.69) is 11.5 Å². The smallest absolute Gasteiger partial charge is 0.178 e. The molecule has 126 valence electrons. The molecular formula is C19H19Cl2NO2. The Morgan fingerprint density at radius 2 is 1.79 bits per heavy atom. The lowest BCUT2D eigenvalue weighted by molar-refractivity contribution is 0.306. The Morgan fingerprint density at radius 3 is 2.46 bits per heavy atom. The second-order valence-electron chi connectivity index (χ2n) is 5.98. The van der Waals surface area contributed by atoms with Crippen LogP contribution in [0.3, 0.4) is 0 Å². The molecule has 0 amide bonds. The van der Waals surface area contributed by atoms with Crippen LogP contribution in [0.1, 0.15) is 22.6 Å². The fourth-order valence-corrected chi connectivity index (χ4v) is 3.97. The summed E-state index contributed by atoms with van der Waals surface area (Å²) >= 11 is 12.8. The molecule has 0 radical (unpaired) electrons. The fraction of sp³-hybridized carbons (Fsp3) is 0.263. The Balaban J connectivity index is 2.21. The van der Waals surface area contributed by atoms with E-state index in [9.17, 15) is 10.2 Å². The number of benzene rings is 2. The van der Waals surface area contributed by atoms with Crippen molar-refractivity contribution in [3.63, 3.8) is 0 Å². The molecule has 0 aliphatic carbocycles. The zero-order chi connectivity index (χ0) is 17.3. The molecular weight excluding hydrogens is 345 g/mol. The summed E-state index contributed by atoms with van der Waals surface area (Å²) in [7, 11) is 0. The molecule has 0 aromatic heterocycles. The normalized spacial score (nSPS) is 18.0. The Hall–Kier alpha value is -1.68. The third-order valence-electron chi connectivity index (χ3n) is 4.52. The summed E-state index contributed by atoms with van der Waals surface area (Å²) in [5.41, 5.74) is 2.70. The average molecular weight is 364 g/mol. The van der Waals surface area contributed by atoms with Crippen LogP contribution in [0, 0.1) is 0 Å². The first-order chi connectivity index (χ1) is 11.5. The maximum atomic E-state index is 10.2. The highest BCUT2D eigenvalue weighted by Crippen LogP contribution is 2.49. The molecule has 1 aliphatic heterocycles.